The van der Waals surface area contributed by atoms with Gasteiger partial charge in [0.05, 0.1) is 7.11 Å². The van der Waals surface area contributed by atoms with E-state index in [1.165, 1.54) is 25.3 Å². The Labute approximate surface area is 150 Å². The zero-order valence-corrected chi connectivity index (χ0v) is 14.1. The number of methoxy groups -OCH3 is 1. The van der Waals surface area contributed by atoms with Crippen LogP contribution >= 0.6 is 0 Å². The predicted molar refractivity (Wildman–Crippen MR) is 96.7 cm³/mol. The van der Waals surface area contributed by atoms with Crippen LogP contribution in [0.2, 0.25) is 0 Å². The minimum atomic E-state index is -0.529. The number of primary amides is 1. The molecule has 7 heteroatoms. The Morgan fingerprint density at radius 2 is 1.92 bits per heavy atom. The number of nitrogens with one attached hydrogen (secondary N) is 1. The van der Waals surface area contributed by atoms with Crippen molar-refractivity contribution in [2.45, 2.75) is 0 Å². The Morgan fingerprint density at radius 1 is 1.19 bits per heavy atom. The second-order valence-electron chi connectivity index (χ2n) is 5.12. The standard InChI is InChI=1S/C19H17N3O4/c1-25-17-12-13(2-8-16(17)26-11-10-20)3-9-18(23)22-15-6-4-14(5-7-15)19(21)24/h2-9,12H,11H2,1H3,(H2,21,24)(H,22,23)/b9-3+. The molecule has 0 aliphatic carbocycles. The molecule has 3 N–H and O–H groups in total. The zero-order valence-electron chi connectivity index (χ0n) is 14.1. The normalized spacial score (nSPS) is 10.2. The lowest BCUT2D eigenvalue weighted by molar-refractivity contribution is -0.111. The molecule has 0 bridgehead atoms. The van der Waals surface area contributed by atoms with Gasteiger partial charge in [0.2, 0.25) is 11.8 Å². The van der Waals surface area contributed by atoms with E-state index in [0.717, 1.165) is 5.56 Å². The quantitative estimate of drug-likeness (QED) is 0.743. The highest BCUT2D eigenvalue weighted by molar-refractivity contribution is 6.02. The third-order valence-electron chi connectivity index (χ3n) is 3.34. The number of benzene rings is 2. The smallest absolute Gasteiger partial charge is 0.248 e. The number of anilines is 1. The van der Waals surface area contributed by atoms with Crippen molar-refractivity contribution in [2.24, 2.45) is 5.73 Å². The number of carbonyl (C=O) groups excluding carboxylic acids is 2. The summed E-state index contributed by atoms with van der Waals surface area (Å²) < 4.78 is 10.5. The van der Waals surface area contributed by atoms with Crippen LogP contribution in [-0.2, 0) is 4.79 Å². The van der Waals surface area contributed by atoms with Crippen molar-refractivity contribution in [3.63, 3.8) is 0 Å². The summed E-state index contributed by atoms with van der Waals surface area (Å²) in [5.41, 5.74) is 6.80. The van der Waals surface area contributed by atoms with Crippen molar-refractivity contribution in [2.75, 3.05) is 19.0 Å². The van der Waals surface area contributed by atoms with E-state index in [2.05, 4.69) is 5.32 Å². The maximum atomic E-state index is 12.0. The highest BCUT2D eigenvalue weighted by atomic mass is 16.5. The van der Waals surface area contributed by atoms with Gasteiger partial charge < -0.3 is 20.5 Å². The molecular formula is C19H17N3O4. The summed E-state index contributed by atoms with van der Waals surface area (Å²) in [5.74, 6) is 0.0505. The number of hydrogen-bond donors (Lipinski definition) is 2. The topological polar surface area (TPSA) is 114 Å². The Hall–Kier alpha value is -3.79. The highest BCUT2D eigenvalue weighted by Gasteiger charge is 2.05. The first-order valence-electron chi connectivity index (χ1n) is 7.60. The highest BCUT2D eigenvalue weighted by Crippen LogP contribution is 2.28. The van der Waals surface area contributed by atoms with Gasteiger partial charge in [0.25, 0.3) is 0 Å². The number of nitrogens with zero attached hydrogens (tertiary/aromatic N) is 1. The van der Waals surface area contributed by atoms with Gasteiger partial charge in [-0.1, -0.05) is 6.07 Å². The lowest BCUT2D eigenvalue weighted by Gasteiger charge is -2.08. The average molecular weight is 351 g/mol. The molecule has 2 amide bonds. The number of amides is 2. The summed E-state index contributed by atoms with van der Waals surface area (Å²) in [6.07, 6.45) is 2.98. The molecule has 2 aromatic rings. The van der Waals surface area contributed by atoms with Crippen LogP contribution in [0.4, 0.5) is 5.69 Å². The van der Waals surface area contributed by atoms with Crippen molar-refractivity contribution >= 4 is 23.6 Å². The van der Waals surface area contributed by atoms with Gasteiger partial charge in [-0.2, -0.15) is 5.26 Å². The molecule has 0 aliphatic rings. The molecule has 0 saturated carbocycles. The predicted octanol–water partition coefficient (Wildman–Crippen LogP) is 2.35. The summed E-state index contributed by atoms with van der Waals surface area (Å²) in [7, 11) is 1.49. The minimum absolute atomic E-state index is 0.0809. The van der Waals surface area contributed by atoms with Crippen LogP contribution < -0.4 is 20.5 Å². The van der Waals surface area contributed by atoms with Crippen molar-refractivity contribution < 1.29 is 19.1 Å². The molecule has 0 aromatic heterocycles. The largest absolute Gasteiger partial charge is 0.493 e. The maximum absolute atomic E-state index is 12.0. The second kappa shape index (κ2) is 8.89. The molecule has 0 atom stereocenters. The molecule has 0 aliphatic heterocycles. The lowest BCUT2D eigenvalue weighted by atomic mass is 10.2. The van der Waals surface area contributed by atoms with E-state index in [4.69, 9.17) is 20.5 Å². The summed E-state index contributed by atoms with van der Waals surface area (Å²) in [6.45, 7) is -0.0809. The van der Waals surface area contributed by atoms with Crippen molar-refractivity contribution in [1.82, 2.24) is 0 Å². The number of carbonyl (C=O) groups is 2. The first-order chi connectivity index (χ1) is 12.5. The number of nitriles is 1. The van der Waals surface area contributed by atoms with Gasteiger partial charge in [-0.15, -0.1) is 0 Å². The summed E-state index contributed by atoms with van der Waals surface area (Å²) >= 11 is 0. The van der Waals surface area contributed by atoms with Crippen LogP contribution in [0, 0.1) is 11.3 Å². The van der Waals surface area contributed by atoms with E-state index in [9.17, 15) is 9.59 Å². The first kappa shape index (κ1) is 18.5. The molecule has 0 unspecified atom stereocenters. The third-order valence-corrected chi connectivity index (χ3v) is 3.34. The molecule has 26 heavy (non-hydrogen) atoms. The van der Waals surface area contributed by atoms with Crippen LogP contribution in [0.5, 0.6) is 11.5 Å². The van der Waals surface area contributed by atoms with Crippen LogP contribution in [-0.4, -0.2) is 25.5 Å². The van der Waals surface area contributed by atoms with Crippen LogP contribution in [0.1, 0.15) is 15.9 Å². The van der Waals surface area contributed by atoms with Crippen molar-refractivity contribution in [3.8, 4) is 17.6 Å². The van der Waals surface area contributed by atoms with Gasteiger partial charge in [-0.05, 0) is 48.0 Å². The molecule has 0 heterocycles. The molecule has 0 fully saturated rings. The van der Waals surface area contributed by atoms with Gasteiger partial charge >= 0.3 is 0 Å². The van der Waals surface area contributed by atoms with Crippen LogP contribution in [0.25, 0.3) is 6.08 Å². The number of hydrogen-bond acceptors (Lipinski definition) is 5. The maximum Gasteiger partial charge on any atom is 0.248 e. The molecule has 132 valence electrons. The van der Waals surface area contributed by atoms with E-state index >= 15 is 0 Å². The first-order valence-corrected chi connectivity index (χ1v) is 7.60. The van der Waals surface area contributed by atoms with E-state index in [1.54, 1.807) is 36.4 Å². The van der Waals surface area contributed by atoms with Gasteiger partial charge in [0.1, 0.15) is 6.07 Å². The van der Waals surface area contributed by atoms with Gasteiger partial charge in [0.15, 0.2) is 18.1 Å². The van der Waals surface area contributed by atoms with Gasteiger partial charge in [-0.25, -0.2) is 0 Å². The fourth-order valence-corrected chi connectivity index (χ4v) is 2.09. The van der Waals surface area contributed by atoms with Crippen LogP contribution in [0.3, 0.4) is 0 Å². The molecule has 2 rings (SSSR count). The number of nitrogens with two attached hydrogens (primary N) is 1. The summed E-state index contributed by atoms with van der Waals surface area (Å²) in [6, 6.07) is 13.2. The van der Waals surface area contributed by atoms with E-state index in [-0.39, 0.29) is 12.5 Å². The Morgan fingerprint density at radius 3 is 2.54 bits per heavy atom. The van der Waals surface area contributed by atoms with E-state index < -0.39 is 5.91 Å². The Bertz CT molecular complexity index is 867. The van der Waals surface area contributed by atoms with E-state index in [0.29, 0.717) is 22.7 Å². The molecule has 7 nitrogen and oxygen atoms in total. The fraction of sp³-hybridized carbons (Fsp3) is 0.105. The fourth-order valence-electron chi connectivity index (χ4n) is 2.09. The summed E-state index contributed by atoms with van der Waals surface area (Å²) in [4.78, 5) is 23.0. The number of rotatable bonds is 7. The average Bonchev–Trinajstić information content (AvgIpc) is 2.65. The molecule has 2 aromatic carbocycles. The molecule has 0 radical (unpaired) electrons. The number of ether oxygens (including phenoxy) is 2. The molecular weight excluding hydrogens is 334 g/mol. The minimum Gasteiger partial charge on any atom is -0.493 e. The van der Waals surface area contributed by atoms with Gasteiger partial charge in [-0.3, -0.25) is 9.59 Å². The van der Waals surface area contributed by atoms with Crippen LogP contribution in [0.15, 0.2) is 48.5 Å². The monoisotopic (exact) mass is 351 g/mol. The summed E-state index contributed by atoms with van der Waals surface area (Å²) in [5, 5.41) is 11.2. The Balaban J connectivity index is 2.03. The molecule has 0 saturated heterocycles. The van der Waals surface area contributed by atoms with Crippen molar-refractivity contribution in [3.05, 3.63) is 59.7 Å². The zero-order chi connectivity index (χ0) is 18.9. The lowest BCUT2D eigenvalue weighted by Crippen LogP contribution is -2.11. The van der Waals surface area contributed by atoms with E-state index in [1.807, 2.05) is 6.07 Å². The second-order valence-corrected chi connectivity index (χ2v) is 5.12. The Kier molecular flexibility index (Phi) is 6.34. The molecule has 0 spiro atoms. The van der Waals surface area contributed by atoms with Gasteiger partial charge in [0, 0.05) is 17.3 Å². The third kappa shape index (κ3) is 5.11. The SMILES string of the molecule is COc1cc(/C=C/C(=O)Nc2ccc(C(N)=O)cc2)ccc1OCC#N. The van der Waals surface area contributed by atoms with Crippen molar-refractivity contribution in [1.29, 1.82) is 5.26 Å².